The average Bonchev–Trinajstić information content (AvgIpc) is 1.73. The van der Waals surface area contributed by atoms with Crippen molar-refractivity contribution in [3.8, 4) is 0 Å². The Morgan fingerprint density at radius 3 is 2.07 bits per heavy atom. The van der Waals surface area contributed by atoms with Crippen LogP contribution < -0.4 is 0 Å². The summed E-state index contributed by atoms with van der Waals surface area (Å²) in [5, 5.41) is 0. The maximum absolute atomic E-state index is 10.8. The van der Waals surface area contributed by atoms with Crippen LogP contribution in [0.4, 0.5) is 0 Å². The minimum atomic E-state index is -2.65. The molecule has 1 unspecified atom stereocenters. The van der Waals surface area contributed by atoms with E-state index in [-0.39, 0.29) is 5.97 Å². The van der Waals surface area contributed by atoms with E-state index in [0.29, 0.717) is 6.42 Å². The van der Waals surface area contributed by atoms with Crippen LogP contribution in [-0.2, 0) is 18.6 Å². The monoisotopic (exact) mass is 237 g/mol. The zero-order chi connectivity index (χ0) is 12.3. The lowest BCUT2D eigenvalue weighted by Crippen LogP contribution is -2.37. The van der Waals surface area contributed by atoms with Gasteiger partial charge in [-0.1, -0.05) is 0 Å². The summed E-state index contributed by atoms with van der Waals surface area (Å²) in [4.78, 5) is 19.4. The van der Waals surface area contributed by atoms with E-state index in [0.717, 1.165) is 0 Å². The molecule has 0 radical (unpaired) electrons. The van der Waals surface area contributed by atoms with Gasteiger partial charge in [-0.2, -0.15) is 0 Å². The van der Waals surface area contributed by atoms with Crippen LogP contribution in [0.25, 0.3) is 0 Å². The second-order valence-electron chi connectivity index (χ2n) is 4.62. The first-order valence-corrected chi connectivity index (χ1v) is 5.72. The zero-order valence-electron chi connectivity index (χ0n) is 9.73. The summed E-state index contributed by atoms with van der Waals surface area (Å²) in [6.45, 7) is 8.11. The molecule has 0 heterocycles. The van der Waals surface area contributed by atoms with Gasteiger partial charge in [0.2, 0.25) is 0 Å². The maximum Gasteiger partial charge on any atom is 0.695 e. The van der Waals surface area contributed by atoms with Gasteiger partial charge in [0.15, 0.2) is 0 Å². The molecule has 0 saturated heterocycles. The molecule has 1 atom stereocenters. The van der Waals surface area contributed by atoms with Crippen molar-refractivity contribution < 1.29 is 23.5 Å². The Labute approximate surface area is 90.7 Å². The molecule has 5 nitrogen and oxygen atoms in total. The minimum absolute atomic E-state index is 0.335. The Hall–Kier alpha value is -0.510. The summed E-state index contributed by atoms with van der Waals surface area (Å²) >= 11 is 0. The number of ether oxygens (including phenoxy) is 1. The second kappa shape index (κ2) is 5.01. The molecule has 0 aliphatic heterocycles. The molecular formula is C9H18O5P+. The molecule has 1 N–H and O–H groups in total. The third kappa shape index (κ3) is 7.42. The van der Waals surface area contributed by atoms with Crippen LogP contribution in [0.5, 0.6) is 0 Å². The summed E-state index contributed by atoms with van der Waals surface area (Å²) in [5.74, 6) is -0.385. The van der Waals surface area contributed by atoms with Crippen LogP contribution in [-0.4, -0.2) is 22.1 Å². The van der Waals surface area contributed by atoms with E-state index >= 15 is 0 Å². The molecule has 0 aromatic rings. The van der Waals surface area contributed by atoms with Crippen molar-refractivity contribution in [2.45, 2.75) is 52.2 Å². The molecule has 0 spiro atoms. The Morgan fingerprint density at radius 2 is 1.73 bits per heavy atom. The molecule has 0 aromatic heterocycles. The van der Waals surface area contributed by atoms with Gasteiger partial charge in [0.1, 0.15) is 11.2 Å². The van der Waals surface area contributed by atoms with Crippen LogP contribution in [0.3, 0.4) is 0 Å². The van der Waals surface area contributed by atoms with Crippen molar-refractivity contribution in [1.29, 1.82) is 0 Å². The van der Waals surface area contributed by atoms with E-state index in [9.17, 15) is 9.36 Å². The highest BCUT2D eigenvalue weighted by atomic mass is 31.1. The number of carbonyl (C=O) groups excluding carboxylic acids is 1. The summed E-state index contributed by atoms with van der Waals surface area (Å²) in [6.07, 6.45) is 0.335. The van der Waals surface area contributed by atoms with E-state index in [4.69, 9.17) is 14.2 Å². The fourth-order valence-corrected chi connectivity index (χ4v) is 2.18. The van der Waals surface area contributed by atoms with Crippen molar-refractivity contribution in [3.05, 3.63) is 0 Å². The molecule has 88 valence electrons. The molecule has 0 aliphatic rings. The normalized spacial score (nSPS) is 13.6. The number of esters is 1. The molecule has 0 rings (SSSR count). The van der Waals surface area contributed by atoms with E-state index < -0.39 is 19.5 Å². The fraction of sp³-hybridized carbons (Fsp3) is 0.889. The fourth-order valence-electron chi connectivity index (χ4n) is 1.69. The van der Waals surface area contributed by atoms with Crippen molar-refractivity contribution in [2.24, 2.45) is 0 Å². The quantitative estimate of drug-likeness (QED) is 0.586. The third-order valence-corrected chi connectivity index (χ3v) is 2.25. The number of hydrogen-bond donors (Lipinski definition) is 1. The Morgan fingerprint density at radius 1 is 1.27 bits per heavy atom. The van der Waals surface area contributed by atoms with Crippen LogP contribution >= 0.6 is 8.25 Å². The van der Waals surface area contributed by atoms with Gasteiger partial charge in [0, 0.05) is 17.9 Å². The first kappa shape index (κ1) is 14.5. The van der Waals surface area contributed by atoms with Crippen molar-refractivity contribution in [2.75, 3.05) is 0 Å². The second-order valence-corrected chi connectivity index (χ2v) is 5.28. The van der Waals surface area contributed by atoms with Crippen molar-refractivity contribution in [3.63, 3.8) is 0 Å². The summed E-state index contributed by atoms with van der Waals surface area (Å²) < 4.78 is 20.4. The van der Waals surface area contributed by atoms with E-state index in [1.807, 2.05) is 0 Å². The lowest BCUT2D eigenvalue weighted by atomic mass is 9.92. The summed E-state index contributed by atoms with van der Waals surface area (Å²) in [6, 6.07) is 0. The molecule has 0 aromatic carbocycles. The highest BCUT2D eigenvalue weighted by Gasteiger charge is 2.38. The van der Waals surface area contributed by atoms with Crippen molar-refractivity contribution >= 4 is 14.2 Å². The van der Waals surface area contributed by atoms with Gasteiger partial charge in [-0.05, 0) is 27.7 Å². The van der Waals surface area contributed by atoms with Gasteiger partial charge in [-0.15, -0.1) is 9.42 Å². The predicted octanol–water partition coefficient (Wildman–Crippen LogP) is 2.16. The molecule has 15 heavy (non-hydrogen) atoms. The molecule has 0 bridgehead atoms. The van der Waals surface area contributed by atoms with Crippen LogP contribution in [0.1, 0.15) is 41.0 Å². The van der Waals surface area contributed by atoms with Crippen LogP contribution in [0.15, 0.2) is 0 Å². The van der Waals surface area contributed by atoms with Crippen LogP contribution in [0.2, 0.25) is 0 Å². The van der Waals surface area contributed by atoms with Gasteiger partial charge in [-0.25, -0.2) is 0 Å². The standard InChI is InChI=1S/C9H17O5P/c1-7(10)13-8(2,3)6-9(4,5)14-15(11)12/h6H2,1-5H3/p+1. The molecule has 0 saturated carbocycles. The molecule has 0 fully saturated rings. The molecule has 0 aliphatic carbocycles. The summed E-state index contributed by atoms with van der Waals surface area (Å²) in [7, 11) is -2.65. The van der Waals surface area contributed by atoms with Crippen LogP contribution in [0, 0.1) is 0 Å². The van der Waals surface area contributed by atoms with Crippen molar-refractivity contribution in [1.82, 2.24) is 0 Å². The van der Waals surface area contributed by atoms with Gasteiger partial charge in [-0.3, -0.25) is 4.79 Å². The largest absolute Gasteiger partial charge is 0.695 e. The van der Waals surface area contributed by atoms with Gasteiger partial charge in [0.05, 0.1) is 0 Å². The molecule has 6 heteroatoms. The smallest absolute Gasteiger partial charge is 0.460 e. The topological polar surface area (TPSA) is 72.8 Å². The van der Waals surface area contributed by atoms with E-state index in [1.54, 1.807) is 27.7 Å². The lowest BCUT2D eigenvalue weighted by molar-refractivity contribution is -0.157. The number of hydrogen-bond acceptors (Lipinski definition) is 4. The highest BCUT2D eigenvalue weighted by Crippen LogP contribution is 2.33. The van der Waals surface area contributed by atoms with Gasteiger partial charge >= 0.3 is 14.2 Å². The summed E-state index contributed by atoms with van der Waals surface area (Å²) in [5.41, 5.74) is -1.54. The van der Waals surface area contributed by atoms with E-state index in [1.165, 1.54) is 6.92 Å². The lowest BCUT2D eigenvalue weighted by Gasteiger charge is -2.30. The highest BCUT2D eigenvalue weighted by molar-refractivity contribution is 7.32. The molecule has 0 amide bonds. The predicted molar refractivity (Wildman–Crippen MR) is 55.5 cm³/mol. The number of carbonyl (C=O) groups is 1. The minimum Gasteiger partial charge on any atom is -0.460 e. The molecular weight excluding hydrogens is 219 g/mol. The Bertz CT molecular complexity index is 233. The first-order chi connectivity index (χ1) is 6.54. The maximum atomic E-state index is 10.8. The zero-order valence-corrected chi connectivity index (χ0v) is 10.6. The first-order valence-electron chi connectivity index (χ1n) is 4.59. The average molecular weight is 237 g/mol. The SMILES string of the molecule is CC(=O)OC(C)(C)CC(C)(C)O[P+](=O)O. The number of rotatable bonds is 5. The van der Waals surface area contributed by atoms with Gasteiger partial charge in [0.25, 0.3) is 0 Å². The Balaban J connectivity index is 4.42. The third-order valence-electron chi connectivity index (χ3n) is 1.60. The van der Waals surface area contributed by atoms with E-state index in [2.05, 4.69) is 0 Å². The Kier molecular flexibility index (Phi) is 4.84. The van der Waals surface area contributed by atoms with Gasteiger partial charge < -0.3 is 4.74 Å².